The molecule has 2 aliphatic rings. The summed E-state index contributed by atoms with van der Waals surface area (Å²) in [5.41, 5.74) is 2.71. The first-order valence-electron chi connectivity index (χ1n) is 9.99. The van der Waals surface area contributed by atoms with Crippen LogP contribution in [0, 0.1) is 0 Å². The Bertz CT molecular complexity index is 983. The lowest BCUT2D eigenvalue weighted by Crippen LogP contribution is -2.57. The van der Waals surface area contributed by atoms with Crippen LogP contribution in [0.5, 0.6) is 0 Å². The lowest BCUT2D eigenvalue weighted by Gasteiger charge is -2.40. The van der Waals surface area contributed by atoms with E-state index in [2.05, 4.69) is 10.3 Å². The molecule has 1 aromatic carbocycles. The molecule has 1 fully saturated rings. The van der Waals surface area contributed by atoms with Gasteiger partial charge in [-0.15, -0.1) is 0 Å². The highest BCUT2D eigenvalue weighted by Crippen LogP contribution is 2.28. The molecule has 30 heavy (non-hydrogen) atoms. The first-order valence-corrected chi connectivity index (χ1v) is 10.4. The average molecular weight is 429 g/mol. The fourth-order valence-corrected chi connectivity index (χ4v) is 3.83. The van der Waals surface area contributed by atoms with E-state index in [1.165, 1.54) is 0 Å². The lowest BCUT2D eigenvalue weighted by atomic mass is 9.99. The van der Waals surface area contributed by atoms with Crippen LogP contribution < -0.4 is 10.2 Å². The SMILES string of the molecule is CC(C)(C)OC(=O)N1CC(Nc2cncc(N3CCc4cc(Cl)ccc4C3=O)c2)C1. The van der Waals surface area contributed by atoms with Gasteiger partial charge in [-0.2, -0.15) is 0 Å². The maximum absolute atomic E-state index is 12.9. The molecular formula is C22H25ClN4O3. The van der Waals surface area contributed by atoms with E-state index in [1.807, 2.05) is 32.9 Å². The third-order valence-corrected chi connectivity index (χ3v) is 5.32. The van der Waals surface area contributed by atoms with Crippen LogP contribution in [0.25, 0.3) is 0 Å². The fourth-order valence-electron chi connectivity index (χ4n) is 3.64. The van der Waals surface area contributed by atoms with Gasteiger partial charge in [-0.25, -0.2) is 4.79 Å². The molecule has 0 unspecified atom stereocenters. The molecule has 0 spiro atoms. The molecule has 1 saturated heterocycles. The van der Waals surface area contributed by atoms with Crippen LogP contribution in [0.15, 0.2) is 36.7 Å². The average Bonchev–Trinajstić information content (AvgIpc) is 2.63. The number of fused-ring (bicyclic) bond motifs is 1. The summed E-state index contributed by atoms with van der Waals surface area (Å²) in [5, 5.41) is 4.02. The largest absolute Gasteiger partial charge is 0.444 e. The molecular weight excluding hydrogens is 404 g/mol. The molecule has 2 aliphatic heterocycles. The number of nitrogens with one attached hydrogen (secondary N) is 1. The van der Waals surface area contributed by atoms with Crippen molar-refractivity contribution in [3.8, 4) is 0 Å². The lowest BCUT2D eigenvalue weighted by molar-refractivity contribution is 0.0105. The summed E-state index contributed by atoms with van der Waals surface area (Å²) in [6.07, 6.45) is 3.86. The first-order chi connectivity index (χ1) is 14.2. The Morgan fingerprint density at radius 2 is 2.00 bits per heavy atom. The van der Waals surface area contributed by atoms with Crippen LogP contribution in [-0.4, -0.2) is 53.2 Å². The molecule has 158 valence electrons. The second-order valence-electron chi connectivity index (χ2n) is 8.67. The number of ether oxygens (including phenoxy) is 1. The van der Waals surface area contributed by atoms with Gasteiger partial charge in [-0.3, -0.25) is 9.78 Å². The number of pyridine rings is 1. The van der Waals surface area contributed by atoms with E-state index < -0.39 is 5.60 Å². The highest BCUT2D eigenvalue weighted by Gasteiger charge is 2.34. The number of likely N-dealkylation sites (tertiary alicyclic amines) is 1. The predicted molar refractivity (Wildman–Crippen MR) is 116 cm³/mol. The molecule has 0 radical (unpaired) electrons. The molecule has 8 heteroatoms. The van der Waals surface area contributed by atoms with Crippen LogP contribution in [0.1, 0.15) is 36.7 Å². The summed E-state index contributed by atoms with van der Waals surface area (Å²) in [4.78, 5) is 32.7. The smallest absolute Gasteiger partial charge is 0.410 e. The van der Waals surface area contributed by atoms with Crippen molar-refractivity contribution >= 4 is 35.0 Å². The van der Waals surface area contributed by atoms with Gasteiger partial charge in [0.25, 0.3) is 5.91 Å². The summed E-state index contributed by atoms with van der Waals surface area (Å²) in [5.74, 6) is -0.0494. The van der Waals surface area contributed by atoms with E-state index in [0.29, 0.717) is 30.2 Å². The second-order valence-corrected chi connectivity index (χ2v) is 9.10. The van der Waals surface area contributed by atoms with Crippen molar-refractivity contribution in [1.82, 2.24) is 9.88 Å². The Hall–Kier alpha value is -2.80. The molecule has 0 aliphatic carbocycles. The number of nitrogens with zero attached hydrogens (tertiary/aromatic N) is 3. The number of rotatable bonds is 3. The number of anilines is 2. The zero-order chi connectivity index (χ0) is 21.5. The summed E-state index contributed by atoms with van der Waals surface area (Å²) >= 11 is 6.05. The maximum atomic E-state index is 12.9. The Morgan fingerprint density at radius 3 is 2.73 bits per heavy atom. The molecule has 7 nitrogen and oxygen atoms in total. The van der Waals surface area contributed by atoms with Gasteiger partial charge in [0, 0.05) is 30.2 Å². The Balaban J connectivity index is 1.39. The number of benzene rings is 1. The van der Waals surface area contributed by atoms with Gasteiger partial charge in [-0.05, 0) is 57.0 Å². The number of aromatic nitrogens is 1. The van der Waals surface area contributed by atoms with Gasteiger partial charge < -0.3 is 19.9 Å². The van der Waals surface area contributed by atoms with Gasteiger partial charge >= 0.3 is 6.09 Å². The zero-order valence-electron chi connectivity index (χ0n) is 17.3. The highest BCUT2D eigenvalue weighted by atomic mass is 35.5. The minimum absolute atomic E-state index is 0.0494. The van der Waals surface area contributed by atoms with Crippen LogP contribution in [0.3, 0.4) is 0 Å². The number of halogens is 1. The van der Waals surface area contributed by atoms with Crippen molar-refractivity contribution in [2.24, 2.45) is 0 Å². The van der Waals surface area contributed by atoms with E-state index in [4.69, 9.17) is 16.3 Å². The topological polar surface area (TPSA) is 74.8 Å². The summed E-state index contributed by atoms with van der Waals surface area (Å²) in [7, 11) is 0. The van der Waals surface area contributed by atoms with Gasteiger partial charge in [0.15, 0.2) is 0 Å². The van der Waals surface area contributed by atoms with Crippen molar-refractivity contribution in [3.05, 3.63) is 52.8 Å². The maximum Gasteiger partial charge on any atom is 0.410 e. The third kappa shape index (κ3) is 4.36. The molecule has 3 heterocycles. The standard InChI is InChI=1S/C22H25ClN4O3/c1-22(2,3)30-21(29)26-12-17(13-26)25-16-9-18(11-24-10-16)27-7-6-14-8-15(23)4-5-19(14)20(27)28/h4-5,8-11,17,25H,6-7,12-13H2,1-3H3. The molecule has 2 amide bonds. The number of carbonyl (C=O) groups is 2. The Morgan fingerprint density at radius 1 is 1.23 bits per heavy atom. The molecule has 0 saturated carbocycles. The van der Waals surface area contributed by atoms with Crippen molar-refractivity contribution < 1.29 is 14.3 Å². The quantitative estimate of drug-likeness (QED) is 0.800. The highest BCUT2D eigenvalue weighted by molar-refractivity contribution is 6.30. The number of amides is 2. The first kappa shape index (κ1) is 20.5. The van der Waals surface area contributed by atoms with E-state index in [1.54, 1.807) is 34.3 Å². The van der Waals surface area contributed by atoms with Crippen LogP contribution in [0.2, 0.25) is 5.02 Å². The monoisotopic (exact) mass is 428 g/mol. The van der Waals surface area contributed by atoms with Crippen LogP contribution >= 0.6 is 11.6 Å². The Labute approximate surface area is 181 Å². The minimum atomic E-state index is -0.501. The summed E-state index contributed by atoms with van der Waals surface area (Å²) < 4.78 is 5.38. The van der Waals surface area contributed by atoms with Gasteiger partial charge in [0.2, 0.25) is 0 Å². The van der Waals surface area contributed by atoms with E-state index in [-0.39, 0.29) is 18.0 Å². The van der Waals surface area contributed by atoms with Crippen molar-refractivity contribution in [3.63, 3.8) is 0 Å². The van der Waals surface area contributed by atoms with Crippen molar-refractivity contribution in [1.29, 1.82) is 0 Å². The zero-order valence-corrected chi connectivity index (χ0v) is 18.1. The fraction of sp³-hybridized carbons (Fsp3) is 0.409. The summed E-state index contributed by atoms with van der Waals surface area (Å²) in [6, 6.07) is 7.42. The molecule has 0 bridgehead atoms. The number of carbonyl (C=O) groups excluding carboxylic acids is 2. The Kier molecular flexibility index (Phi) is 5.32. The van der Waals surface area contributed by atoms with Gasteiger partial charge in [0.1, 0.15) is 5.60 Å². The third-order valence-electron chi connectivity index (χ3n) is 5.09. The molecule has 4 rings (SSSR count). The van der Waals surface area contributed by atoms with Crippen LogP contribution in [-0.2, 0) is 11.2 Å². The minimum Gasteiger partial charge on any atom is -0.444 e. The van der Waals surface area contributed by atoms with E-state index in [9.17, 15) is 9.59 Å². The van der Waals surface area contributed by atoms with Crippen LogP contribution in [0.4, 0.5) is 16.2 Å². The van der Waals surface area contributed by atoms with Gasteiger partial charge in [0.05, 0.1) is 29.8 Å². The normalized spacial score (nSPS) is 16.7. The van der Waals surface area contributed by atoms with Crippen molar-refractivity contribution in [2.45, 2.75) is 38.8 Å². The second kappa shape index (κ2) is 7.80. The van der Waals surface area contributed by atoms with Crippen molar-refractivity contribution in [2.75, 3.05) is 29.9 Å². The number of hydrogen-bond acceptors (Lipinski definition) is 5. The molecule has 1 N–H and O–H groups in total. The number of hydrogen-bond donors (Lipinski definition) is 1. The van der Waals surface area contributed by atoms with Gasteiger partial charge in [-0.1, -0.05) is 11.6 Å². The van der Waals surface area contributed by atoms with E-state index in [0.717, 1.165) is 23.4 Å². The van der Waals surface area contributed by atoms with E-state index >= 15 is 0 Å². The molecule has 2 aromatic rings. The molecule has 1 aromatic heterocycles. The molecule has 0 atom stereocenters. The predicted octanol–water partition coefficient (Wildman–Crippen LogP) is 3.97. The summed E-state index contributed by atoms with van der Waals surface area (Å²) in [6.45, 7) is 7.27.